The highest BCUT2D eigenvalue weighted by Gasteiger charge is 2.10. The van der Waals surface area contributed by atoms with Crippen molar-refractivity contribution in [3.8, 4) is 11.1 Å². The van der Waals surface area contributed by atoms with Crippen molar-refractivity contribution in [3.63, 3.8) is 0 Å². The third-order valence-corrected chi connectivity index (χ3v) is 3.73. The van der Waals surface area contributed by atoms with Crippen LogP contribution in [0, 0.1) is 0 Å². The third kappa shape index (κ3) is 2.80. The number of aromatic nitrogens is 2. The molecule has 0 unspecified atom stereocenters. The summed E-state index contributed by atoms with van der Waals surface area (Å²) in [7, 11) is 0. The molecule has 1 aliphatic rings. The maximum Gasteiger partial charge on any atom is 0.222 e. The first-order chi connectivity index (χ1) is 9.86. The fourth-order valence-electron chi connectivity index (χ4n) is 2.65. The maximum atomic E-state index is 8.75. The highest BCUT2D eigenvalue weighted by atomic mass is 16.3. The number of benzene rings is 1. The van der Waals surface area contributed by atoms with E-state index in [1.807, 2.05) is 12.4 Å². The van der Waals surface area contributed by atoms with Crippen molar-refractivity contribution in [1.29, 1.82) is 0 Å². The SMILES string of the molecule is OCCNc1ncc(-c2ccc3c(c2)CCCC3)cn1. The van der Waals surface area contributed by atoms with Crippen molar-refractivity contribution in [3.05, 3.63) is 41.7 Å². The van der Waals surface area contributed by atoms with Gasteiger partial charge in [0.25, 0.3) is 0 Å². The molecule has 0 spiro atoms. The zero-order valence-electron chi connectivity index (χ0n) is 11.5. The minimum absolute atomic E-state index is 0.0793. The zero-order valence-corrected chi connectivity index (χ0v) is 11.5. The van der Waals surface area contributed by atoms with E-state index in [9.17, 15) is 0 Å². The summed E-state index contributed by atoms with van der Waals surface area (Å²) in [5, 5.41) is 11.7. The van der Waals surface area contributed by atoms with Gasteiger partial charge < -0.3 is 10.4 Å². The normalized spacial score (nSPS) is 13.8. The number of anilines is 1. The van der Waals surface area contributed by atoms with Gasteiger partial charge in [-0.2, -0.15) is 0 Å². The monoisotopic (exact) mass is 269 g/mol. The van der Waals surface area contributed by atoms with Crippen molar-refractivity contribution in [2.24, 2.45) is 0 Å². The Labute approximate surface area is 118 Å². The number of nitrogens with zero attached hydrogens (tertiary/aromatic N) is 2. The quantitative estimate of drug-likeness (QED) is 0.895. The van der Waals surface area contributed by atoms with E-state index >= 15 is 0 Å². The molecule has 0 aliphatic heterocycles. The lowest BCUT2D eigenvalue weighted by molar-refractivity contribution is 0.311. The Hall–Kier alpha value is -1.94. The first kappa shape index (κ1) is 13.1. The molecule has 4 nitrogen and oxygen atoms in total. The summed E-state index contributed by atoms with van der Waals surface area (Å²) in [4.78, 5) is 8.54. The van der Waals surface area contributed by atoms with Gasteiger partial charge >= 0.3 is 0 Å². The summed E-state index contributed by atoms with van der Waals surface area (Å²) in [6, 6.07) is 6.67. The van der Waals surface area contributed by atoms with Gasteiger partial charge in [-0.1, -0.05) is 18.2 Å². The largest absolute Gasteiger partial charge is 0.395 e. The molecule has 20 heavy (non-hydrogen) atoms. The lowest BCUT2D eigenvalue weighted by atomic mass is 9.89. The van der Waals surface area contributed by atoms with Crippen LogP contribution in [0.3, 0.4) is 0 Å². The van der Waals surface area contributed by atoms with Gasteiger partial charge in [0.15, 0.2) is 0 Å². The van der Waals surface area contributed by atoms with Gasteiger partial charge in [0, 0.05) is 24.5 Å². The fraction of sp³-hybridized carbons (Fsp3) is 0.375. The summed E-state index contributed by atoms with van der Waals surface area (Å²) < 4.78 is 0. The minimum Gasteiger partial charge on any atom is -0.395 e. The number of fused-ring (bicyclic) bond motifs is 1. The fourth-order valence-corrected chi connectivity index (χ4v) is 2.65. The molecule has 2 N–H and O–H groups in total. The summed E-state index contributed by atoms with van der Waals surface area (Å²) in [5.41, 5.74) is 5.17. The molecule has 0 amide bonds. The van der Waals surface area contributed by atoms with Gasteiger partial charge in [-0.15, -0.1) is 0 Å². The van der Waals surface area contributed by atoms with E-state index in [4.69, 9.17) is 5.11 Å². The van der Waals surface area contributed by atoms with Gasteiger partial charge in [-0.25, -0.2) is 9.97 Å². The molecule has 0 fully saturated rings. The van der Waals surface area contributed by atoms with Gasteiger partial charge in [-0.05, 0) is 42.4 Å². The smallest absolute Gasteiger partial charge is 0.222 e. The minimum atomic E-state index is 0.0793. The highest BCUT2D eigenvalue weighted by molar-refractivity contribution is 5.64. The number of nitrogens with one attached hydrogen (secondary N) is 1. The molecular formula is C16H19N3O. The molecule has 0 saturated carbocycles. The van der Waals surface area contributed by atoms with Crippen LogP contribution in [0.4, 0.5) is 5.95 Å². The van der Waals surface area contributed by atoms with Crippen LogP contribution in [-0.4, -0.2) is 28.2 Å². The van der Waals surface area contributed by atoms with Gasteiger partial charge in [0.2, 0.25) is 5.95 Å². The lowest BCUT2D eigenvalue weighted by Crippen LogP contribution is -2.08. The van der Waals surface area contributed by atoms with Crippen LogP contribution in [0.25, 0.3) is 11.1 Å². The molecular weight excluding hydrogens is 250 g/mol. The van der Waals surface area contributed by atoms with Crippen LogP contribution in [0.15, 0.2) is 30.6 Å². The molecule has 3 rings (SSSR count). The predicted octanol–water partition coefficient (Wildman–Crippen LogP) is 2.43. The summed E-state index contributed by atoms with van der Waals surface area (Å²) in [6.45, 7) is 0.550. The predicted molar refractivity (Wildman–Crippen MR) is 79.7 cm³/mol. The van der Waals surface area contributed by atoms with Crippen molar-refractivity contribution in [2.45, 2.75) is 25.7 Å². The Bertz CT molecular complexity index is 581. The molecule has 0 atom stereocenters. The Morgan fingerprint density at radius 3 is 2.50 bits per heavy atom. The maximum absolute atomic E-state index is 8.75. The standard InChI is InChI=1S/C16H19N3O/c20-8-7-17-16-18-10-15(11-19-16)14-6-5-12-3-1-2-4-13(12)9-14/h5-6,9-11,20H,1-4,7-8H2,(H,17,18,19). The number of aryl methyl sites for hydroxylation is 2. The molecule has 1 aromatic heterocycles. The molecule has 4 heteroatoms. The lowest BCUT2D eigenvalue weighted by Gasteiger charge is -2.16. The van der Waals surface area contributed by atoms with Crippen molar-refractivity contribution in [1.82, 2.24) is 9.97 Å². The third-order valence-electron chi connectivity index (χ3n) is 3.73. The van der Waals surface area contributed by atoms with Crippen LogP contribution in [-0.2, 0) is 12.8 Å². The van der Waals surface area contributed by atoms with Gasteiger partial charge in [0.05, 0.1) is 6.61 Å². The first-order valence-corrected chi connectivity index (χ1v) is 7.16. The Morgan fingerprint density at radius 1 is 1.00 bits per heavy atom. The molecule has 0 bridgehead atoms. The number of aliphatic hydroxyl groups excluding tert-OH is 1. The first-order valence-electron chi connectivity index (χ1n) is 7.16. The highest BCUT2D eigenvalue weighted by Crippen LogP contribution is 2.26. The van der Waals surface area contributed by atoms with E-state index in [2.05, 4.69) is 33.5 Å². The van der Waals surface area contributed by atoms with Crippen LogP contribution >= 0.6 is 0 Å². The molecule has 1 aliphatic carbocycles. The topological polar surface area (TPSA) is 58.0 Å². The average molecular weight is 269 g/mol. The number of hydrogen-bond acceptors (Lipinski definition) is 4. The van der Waals surface area contributed by atoms with Gasteiger partial charge in [-0.3, -0.25) is 0 Å². The van der Waals surface area contributed by atoms with E-state index in [0.717, 1.165) is 5.56 Å². The van der Waals surface area contributed by atoms with Crippen molar-refractivity contribution < 1.29 is 5.11 Å². The van der Waals surface area contributed by atoms with Crippen molar-refractivity contribution in [2.75, 3.05) is 18.5 Å². The van der Waals surface area contributed by atoms with Crippen LogP contribution in [0.5, 0.6) is 0 Å². The number of hydrogen-bond donors (Lipinski definition) is 2. The molecule has 0 saturated heterocycles. The average Bonchev–Trinajstić information content (AvgIpc) is 2.53. The van der Waals surface area contributed by atoms with E-state index in [0.29, 0.717) is 12.5 Å². The molecule has 1 heterocycles. The molecule has 1 aromatic carbocycles. The van der Waals surface area contributed by atoms with Crippen LogP contribution in [0.1, 0.15) is 24.0 Å². The number of rotatable bonds is 4. The van der Waals surface area contributed by atoms with Crippen LogP contribution < -0.4 is 5.32 Å². The number of aliphatic hydroxyl groups is 1. The van der Waals surface area contributed by atoms with E-state index < -0.39 is 0 Å². The second kappa shape index (κ2) is 6.01. The summed E-state index contributed by atoms with van der Waals surface area (Å²) >= 11 is 0. The van der Waals surface area contributed by atoms with E-state index in [1.54, 1.807) is 0 Å². The second-order valence-electron chi connectivity index (χ2n) is 5.14. The second-order valence-corrected chi connectivity index (χ2v) is 5.14. The Balaban J connectivity index is 1.81. The molecule has 2 aromatic rings. The summed E-state index contributed by atoms with van der Waals surface area (Å²) in [6.07, 6.45) is 8.64. The molecule has 0 radical (unpaired) electrons. The van der Waals surface area contributed by atoms with Gasteiger partial charge in [0.1, 0.15) is 0 Å². The summed E-state index contributed by atoms with van der Waals surface area (Å²) in [5.74, 6) is 0.556. The van der Waals surface area contributed by atoms with E-state index in [1.165, 1.54) is 42.4 Å². The Kier molecular flexibility index (Phi) is 3.92. The molecule has 104 valence electrons. The van der Waals surface area contributed by atoms with Crippen molar-refractivity contribution >= 4 is 5.95 Å². The Morgan fingerprint density at radius 2 is 1.75 bits per heavy atom. The van der Waals surface area contributed by atoms with Crippen LogP contribution in [0.2, 0.25) is 0 Å². The van der Waals surface area contributed by atoms with E-state index in [-0.39, 0.29) is 6.61 Å². The zero-order chi connectivity index (χ0) is 13.8.